The van der Waals surface area contributed by atoms with Crippen LogP contribution in [0.1, 0.15) is 28.3 Å². The van der Waals surface area contributed by atoms with Crippen LogP contribution >= 0.6 is 0 Å². The third kappa shape index (κ3) is 4.17. The number of ether oxygens (including phenoxy) is 3. The van der Waals surface area contributed by atoms with Crippen molar-refractivity contribution >= 4 is 11.8 Å². The zero-order chi connectivity index (χ0) is 22.0. The second kappa shape index (κ2) is 8.88. The molecular weight excluding hydrogens is 396 g/mol. The number of amides is 2. The molecule has 1 aliphatic carbocycles. The fourth-order valence-electron chi connectivity index (χ4n) is 4.29. The first-order chi connectivity index (χ1) is 15.1. The Bertz CT molecular complexity index is 929. The standard InChI is InChI=1S/C24H28N2O5/c1-29-20-13-17(14-21(30-2)22(20)31-3)23(27)25-9-11-26(12-10-25)24(28)19-15-18(19)16-7-5-4-6-8-16/h4-8,13-14,18-19H,9-12,15H2,1-3H3. The first kappa shape index (κ1) is 21.0. The van der Waals surface area contributed by atoms with Crippen molar-refractivity contribution < 1.29 is 23.8 Å². The number of hydrogen-bond acceptors (Lipinski definition) is 5. The van der Waals surface area contributed by atoms with Crippen molar-refractivity contribution in [1.82, 2.24) is 9.80 Å². The van der Waals surface area contributed by atoms with E-state index >= 15 is 0 Å². The number of piperazine rings is 1. The van der Waals surface area contributed by atoms with E-state index in [2.05, 4.69) is 12.1 Å². The van der Waals surface area contributed by atoms with E-state index < -0.39 is 0 Å². The maximum absolute atomic E-state index is 13.1. The van der Waals surface area contributed by atoms with Crippen LogP contribution in [0.25, 0.3) is 0 Å². The second-order valence-corrected chi connectivity index (χ2v) is 7.89. The molecule has 0 bridgehead atoms. The SMILES string of the molecule is COc1cc(C(=O)N2CCN(C(=O)C3CC3c3ccccc3)CC2)cc(OC)c1OC. The van der Waals surface area contributed by atoms with Gasteiger partial charge in [-0.05, 0) is 30.0 Å². The molecule has 4 rings (SSSR count). The van der Waals surface area contributed by atoms with E-state index in [1.165, 1.54) is 26.9 Å². The van der Waals surface area contributed by atoms with Crippen molar-refractivity contribution in [3.63, 3.8) is 0 Å². The lowest BCUT2D eigenvalue weighted by Gasteiger charge is -2.35. The average molecular weight is 424 g/mol. The molecular formula is C24H28N2O5. The van der Waals surface area contributed by atoms with Gasteiger partial charge in [-0.1, -0.05) is 30.3 Å². The van der Waals surface area contributed by atoms with Crippen molar-refractivity contribution in [2.45, 2.75) is 12.3 Å². The van der Waals surface area contributed by atoms with Gasteiger partial charge in [-0.15, -0.1) is 0 Å². The highest BCUT2D eigenvalue weighted by molar-refractivity contribution is 5.96. The fourth-order valence-corrected chi connectivity index (χ4v) is 4.29. The lowest BCUT2D eigenvalue weighted by atomic mass is 10.1. The van der Waals surface area contributed by atoms with E-state index in [1.54, 1.807) is 17.0 Å². The van der Waals surface area contributed by atoms with E-state index in [4.69, 9.17) is 14.2 Å². The van der Waals surface area contributed by atoms with Crippen LogP contribution in [0.3, 0.4) is 0 Å². The van der Waals surface area contributed by atoms with Crippen molar-refractivity contribution in [2.75, 3.05) is 47.5 Å². The van der Waals surface area contributed by atoms with Crippen LogP contribution in [-0.4, -0.2) is 69.1 Å². The van der Waals surface area contributed by atoms with Gasteiger partial charge >= 0.3 is 0 Å². The summed E-state index contributed by atoms with van der Waals surface area (Å²) in [5.41, 5.74) is 1.71. The predicted molar refractivity (Wildman–Crippen MR) is 116 cm³/mol. The Morgan fingerprint density at radius 3 is 1.97 bits per heavy atom. The summed E-state index contributed by atoms with van der Waals surface area (Å²) < 4.78 is 16.0. The van der Waals surface area contributed by atoms with Crippen LogP contribution in [0, 0.1) is 5.92 Å². The largest absolute Gasteiger partial charge is 0.493 e. The van der Waals surface area contributed by atoms with Crippen LogP contribution in [0.15, 0.2) is 42.5 Å². The van der Waals surface area contributed by atoms with Crippen molar-refractivity contribution in [2.24, 2.45) is 5.92 Å². The molecule has 1 saturated heterocycles. The molecule has 2 atom stereocenters. The van der Waals surface area contributed by atoms with Gasteiger partial charge in [0.05, 0.1) is 21.3 Å². The molecule has 1 saturated carbocycles. The Labute approximate surface area is 182 Å². The minimum atomic E-state index is -0.111. The number of rotatable bonds is 6. The molecule has 2 aromatic rings. The van der Waals surface area contributed by atoms with E-state index in [-0.39, 0.29) is 17.7 Å². The summed E-state index contributed by atoms with van der Waals surface area (Å²) in [6, 6.07) is 13.5. The molecule has 2 amide bonds. The average Bonchev–Trinajstić information content (AvgIpc) is 3.63. The van der Waals surface area contributed by atoms with Crippen LogP contribution < -0.4 is 14.2 Å². The molecule has 2 aliphatic rings. The van der Waals surface area contributed by atoms with Crippen LogP contribution in [0.4, 0.5) is 0 Å². The summed E-state index contributed by atoms with van der Waals surface area (Å²) in [6.07, 6.45) is 0.910. The molecule has 2 unspecified atom stereocenters. The first-order valence-corrected chi connectivity index (χ1v) is 10.5. The summed E-state index contributed by atoms with van der Waals surface area (Å²) in [7, 11) is 4.58. The van der Waals surface area contributed by atoms with Crippen LogP contribution in [0.5, 0.6) is 17.2 Å². The Morgan fingerprint density at radius 2 is 1.42 bits per heavy atom. The highest BCUT2D eigenvalue weighted by Crippen LogP contribution is 2.48. The number of methoxy groups -OCH3 is 3. The molecule has 31 heavy (non-hydrogen) atoms. The predicted octanol–water partition coefficient (Wildman–Crippen LogP) is 2.80. The summed E-state index contributed by atoms with van der Waals surface area (Å²) in [4.78, 5) is 29.6. The Balaban J connectivity index is 1.38. The third-order valence-corrected chi connectivity index (χ3v) is 6.13. The first-order valence-electron chi connectivity index (χ1n) is 10.5. The molecule has 7 nitrogen and oxygen atoms in total. The van der Waals surface area contributed by atoms with Gasteiger partial charge < -0.3 is 24.0 Å². The smallest absolute Gasteiger partial charge is 0.254 e. The van der Waals surface area contributed by atoms with Gasteiger partial charge in [0.2, 0.25) is 11.7 Å². The lowest BCUT2D eigenvalue weighted by Crippen LogP contribution is -2.51. The number of hydrogen-bond donors (Lipinski definition) is 0. The number of carbonyl (C=O) groups excluding carboxylic acids is 2. The summed E-state index contributed by atoms with van der Waals surface area (Å²) >= 11 is 0. The van der Waals surface area contributed by atoms with E-state index in [1.807, 2.05) is 23.1 Å². The topological polar surface area (TPSA) is 68.3 Å². The third-order valence-electron chi connectivity index (χ3n) is 6.13. The molecule has 7 heteroatoms. The molecule has 1 aliphatic heterocycles. The van der Waals surface area contributed by atoms with Gasteiger partial charge in [-0.3, -0.25) is 9.59 Å². The van der Waals surface area contributed by atoms with Gasteiger partial charge in [0, 0.05) is 37.7 Å². The van der Waals surface area contributed by atoms with Crippen molar-refractivity contribution in [3.8, 4) is 17.2 Å². The molecule has 2 aromatic carbocycles. The molecule has 164 valence electrons. The van der Waals surface area contributed by atoms with E-state index in [0.29, 0.717) is 54.9 Å². The zero-order valence-corrected chi connectivity index (χ0v) is 18.2. The highest BCUT2D eigenvalue weighted by atomic mass is 16.5. The van der Waals surface area contributed by atoms with Crippen LogP contribution in [-0.2, 0) is 4.79 Å². The molecule has 0 radical (unpaired) electrons. The minimum Gasteiger partial charge on any atom is -0.493 e. The second-order valence-electron chi connectivity index (χ2n) is 7.89. The molecule has 0 spiro atoms. The highest BCUT2D eigenvalue weighted by Gasteiger charge is 2.46. The molecule has 2 fully saturated rings. The normalized spacial score (nSPS) is 20.2. The monoisotopic (exact) mass is 424 g/mol. The molecule has 0 N–H and O–H groups in total. The van der Waals surface area contributed by atoms with E-state index in [0.717, 1.165) is 6.42 Å². The van der Waals surface area contributed by atoms with E-state index in [9.17, 15) is 9.59 Å². The number of carbonyl (C=O) groups is 2. The molecule has 1 heterocycles. The Hall–Kier alpha value is -3.22. The van der Waals surface area contributed by atoms with Gasteiger partial charge in [-0.25, -0.2) is 0 Å². The van der Waals surface area contributed by atoms with Crippen molar-refractivity contribution in [3.05, 3.63) is 53.6 Å². The van der Waals surface area contributed by atoms with Gasteiger partial charge in [0.25, 0.3) is 5.91 Å². The summed E-state index contributed by atoms with van der Waals surface area (Å²) in [5, 5.41) is 0. The van der Waals surface area contributed by atoms with Crippen molar-refractivity contribution in [1.29, 1.82) is 0 Å². The maximum atomic E-state index is 13.1. The van der Waals surface area contributed by atoms with Gasteiger partial charge in [-0.2, -0.15) is 0 Å². The fraction of sp³-hybridized carbons (Fsp3) is 0.417. The zero-order valence-electron chi connectivity index (χ0n) is 18.2. The summed E-state index contributed by atoms with van der Waals surface area (Å²) in [5.74, 6) is 1.83. The van der Waals surface area contributed by atoms with Gasteiger partial charge in [0.15, 0.2) is 11.5 Å². The quantitative estimate of drug-likeness (QED) is 0.713. The molecule has 0 aromatic heterocycles. The number of nitrogens with zero attached hydrogens (tertiary/aromatic N) is 2. The Morgan fingerprint density at radius 1 is 0.839 bits per heavy atom. The number of benzene rings is 2. The minimum absolute atomic E-state index is 0.0692. The lowest BCUT2D eigenvalue weighted by molar-refractivity contribution is -0.134. The van der Waals surface area contributed by atoms with Gasteiger partial charge in [0.1, 0.15) is 0 Å². The summed E-state index contributed by atoms with van der Waals surface area (Å²) in [6.45, 7) is 2.11. The van der Waals surface area contributed by atoms with Crippen LogP contribution in [0.2, 0.25) is 0 Å². The Kier molecular flexibility index (Phi) is 6.02. The maximum Gasteiger partial charge on any atom is 0.254 e.